The maximum atomic E-state index is 11.9. The third kappa shape index (κ3) is 3.36. The van der Waals surface area contributed by atoms with E-state index in [-0.39, 0.29) is 11.9 Å². The number of aromatic nitrogens is 1. The molecule has 106 valence electrons. The summed E-state index contributed by atoms with van der Waals surface area (Å²) in [4.78, 5) is 16.3. The van der Waals surface area contributed by atoms with E-state index in [0.717, 1.165) is 16.3 Å². The molecule has 0 bridgehead atoms. The average Bonchev–Trinajstić information content (AvgIpc) is 2.88. The Kier molecular flexibility index (Phi) is 4.74. The number of hydrogen-bond acceptors (Lipinski definition) is 4. The molecular formula is C15H18N2O2S. The lowest BCUT2D eigenvalue weighted by molar-refractivity contribution is 0.0939. The van der Waals surface area contributed by atoms with E-state index in [4.69, 9.17) is 4.74 Å². The lowest BCUT2D eigenvalue weighted by atomic mass is 10.2. The number of benzene rings is 1. The van der Waals surface area contributed by atoms with Crippen molar-refractivity contribution in [2.24, 2.45) is 0 Å². The summed E-state index contributed by atoms with van der Waals surface area (Å²) >= 11 is 1.45. The summed E-state index contributed by atoms with van der Waals surface area (Å²) in [6.45, 7) is 6.40. The molecule has 0 spiro atoms. The summed E-state index contributed by atoms with van der Waals surface area (Å²) in [5.41, 5.74) is 1.37. The van der Waals surface area contributed by atoms with Crippen LogP contribution in [0.4, 0.5) is 0 Å². The monoisotopic (exact) mass is 290 g/mol. The first-order chi connectivity index (χ1) is 9.61. The smallest absolute Gasteiger partial charge is 0.270 e. The van der Waals surface area contributed by atoms with Crippen LogP contribution < -0.4 is 10.1 Å². The van der Waals surface area contributed by atoms with Gasteiger partial charge in [-0.15, -0.1) is 11.3 Å². The molecule has 2 aromatic rings. The number of ether oxygens (including phenoxy) is 1. The van der Waals surface area contributed by atoms with Gasteiger partial charge in [0.25, 0.3) is 5.91 Å². The zero-order valence-corrected chi connectivity index (χ0v) is 12.7. The number of amides is 1. The van der Waals surface area contributed by atoms with E-state index in [1.807, 2.05) is 45.0 Å². The number of nitrogens with one attached hydrogen (secondary N) is 1. The van der Waals surface area contributed by atoms with Crippen LogP contribution in [0.2, 0.25) is 0 Å². The minimum Gasteiger partial charge on any atom is -0.493 e. The van der Waals surface area contributed by atoms with Crippen LogP contribution in [-0.2, 0) is 0 Å². The predicted octanol–water partition coefficient (Wildman–Crippen LogP) is 3.35. The molecule has 0 atom stereocenters. The molecule has 1 aromatic heterocycles. The Morgan fingerprint density at radius 2 is 2.15 bits per heavy atom. The topological polar surface area (TPSA) is 51.2 Å². The fraction of sp³-hybridized carbons (Fsp3) is 0.333. The maximum Gasteiger partial charge on any atom is 0.270 e. The van der Waals surface area contributed by atoms with E-state index in [9.17, 15) is 4.79 Å². The van der Waals surface area contributed by atoms with Gasteiger partial charge in [-0.1, -0.05) is 12.1 Å². The molecule has 1 N–H and O–H groups in total. The van der Waals surface area contributed by atoms with Crippen LogP contribution >= 0.6 is 11.3 Å². The van der Waals surface area contributed by atoms with Gasteiger partial charge in [0.15, 0.2) is 0 Å². The van der Waals surface area contributed by atoms with E-state index in [1.165, 1.54) is 11.3 Å². The molecule has 1 heterocycles. The Labute approximate surface area is 122 Å². The van der Waals surface area contributed by atoms with Gasteiger partial charge in [0.2, 0.25) is 0 Å². The number of thiazole rings is 1. The lowest BCUT2D eigenvalue weighted by Crippen LogP contribution is -2.30. The van der Waals surface area contributed by atoms with E-state index >= 15 is 0 Å². The quantitative estimate of drug-likeness (QED) is 0.918. The minimum absolute atomic E-state index is 0.100. The molecular weight excluding hydrogens is 272 g/mol. The molecule has 0 aliphatic heterocycles. The summed E-state index contributed by atoms with van der Waals surface area (Å²) < 4.78 is 5.59. The SMILES string of the molecule is CCOc1ccccc1-c1nc(C(=O)NC(C)C)cs1. The van der Waals surface area contributed by atoms with Gasteiger partial charge in [0, 0.05) is 11.4 Å². The molecule has 0 saturated carbocycles. The van der Waals surface area contributed by atoms with Crippen molar-refractivity contribution in [1.29, 1.82) is 0 Å². The molecule has 0 saturated heterocycles. The van der Waals surface area contributed by atoms with E-state index in [2.05, 4.69) is 10.3 Å². The molecule has 0 radical (unpaired) electrons. The predicted molar refractivity (Wildman–Crippen MR) is 81.3 cm³/mol. The second-order valence-corrected chi connectivity index (χ2v) is 5.45. The van der Waals surface area contributed by atoms with Crippen LogP contribution in [0.15, 0.2) is 29.6 Å². The Bertz CT molecular complexity index is 593. The van der Waals surface area contributed by atoms with Gasteiger partial charge < -0.3 is 10.1 Å². The molecule has 0 unspecified atom stereocenters. The summed E-state index contributed by atoms with van der Waals surface area (Å²) in [5, 5.41) is 5.41. The van der Waals surface area contributed by atoms with Gasteiger partial charge >= 0.3 is 0 Å². The van der Waals surface area contributed by atoms with E-state index < -0.39 is 0 Å². The number of nitrogens with zero attached hydrogens (tertiary/aromatic N) is 1. The van der Waals surface area contributed by atoms with Crippen molar-refractivity contribution in [2.45, 2.75) is 26.8 Å². The molecule has 4 nitrogen and oxygen atoms in total. The van der Waals surface area contributed by atoms with Crippen LogP contribution in [0, 0.1) is 0 Å². The van der Waals surface area contributed by atoms with E-state index in [0.29, 0.717) is 12.3 Å². The van der Waals surface area contributed by atoms with Crippen molar-refractivity contribution < 1.29 is 9.53 Å². The van der Waals surface area contributed by atoms with Crippen LogP contribution in [0.3, 0.4) is 0 Å². The summed E-state index contributed by atoms with van der Waals surface area (Å²) in [5.74, 6) is 0.650. The molecule has 5 heteroatoms. The normalized spacial score (nSPS) is 10.6. The Balaban J connectivity index is 2.27. The van der Waals surface area contributed by atoms with Crippen molar-refractivity contribution in [1.82, 2.24) is 10.3 Å². The molecule has 20 heavy (non-hydrogen) atoms. The largest absolute Gasteiger partial charge is 0.493 e. The fourth-order valence-electron chi connectivity index (χ4n) is 1.76. The van der Waals surface area contributed by atoms with Gasteiger partial charge in [-0.2, -0.15) is 0 Å². The average molecular weight is 290 g/mol. The summed E-state index contributed by atoms with van der Waals surface area (Å²) in [6.07, 6.45) is 0. The van der Waals surface area contributed by atoms with Gasteiger partial charge in [-0.3, -0.25) is 4.79 Å². The molecule has 1 aromatic carbocycles. The molecule has 2 rings (SSSR count). The van der Waals surface area contributed by atoms with Crippen molar-refractivity contribution in [3.05, 3.63) is 35.3 Å². The number of rotatable bonds is 5. The maximum absolute atomic E-state index is 11.9. The minimum atomic E-state index is -0.142. The second kappa shape index (κ2) is 6.52. The first-order valence-electron chi connectivity index (χ1n) is 6.60. The summed E-state index contributed by atoms with van der Waals surface area (Å²) in [7, 11) is 0. The van der Waals surface area contributed by atoms with Gasteiger partial charge in [-0.25, -0.2) is 4.98 Å². The van der Waals surface area contributed by atoms with Gasteiger partial charge in [-0.05, 0) is 32.9 Å². The highest BCUT2D eigenvalue weighted by molar-refractivity contribution is 7.13. The first kappa shape index (κ1) is 14.5. The third-order valence-electron chi connectivity index (χ3n) is 2.57. The zero-order chi connectivity index (χ0) is 14.5. The Morgan fingerprint density at radius 1 is 1.40 bits per heavy atom. The molecule has 0 fully saturated rings. The summed E-state index contributed by atoms with van der Waals surface area (Å²) in [6, 6.07) is 7.83. The van der Waals surface area contributed by atoms with Gasteiger partial charge in [0.05, 0.1) is 12.2 Å². The van der Waals surface area contributed by atoms with Crippen LogP contribution in [0.1, 0.15) is 31.3 Å². The molecule has 0 aliphatic rings. The van der Waals surface area contributed by atoms with Crippen LogP contribution in [-0.4, -0.2) is 23.5 Å². The van der Waals surface area contributed by atoms with Crippen molar-refractivity contribution >= 4 is 17.2 Å². The highest BCUT2D eigenvalue weighted by atomic mass is 32.1. The van der Waals surface area contributed by atoms with Gasteiger partial charge in [0.1, 0.15) is 16.5 Å². The number of carbonyl (C=O) groups excluding carboxylic acids is 1. The molecule has 1 amide bonds. The highest BCUT2D eigenvalue weighted by Crippen LogP contribution is 2.32. The van der Waals surface area contributed by atoms with Crippen LogP contribution in [0.25, 0.3) is 10.6 Å². The van der Waals surface area contributed by atoms with Crippen molar-refractivity contribution in [2.75, 3.05) is 6.61 Å². The van der Waals surface area contributed by atoms with E-state index in [1.54, 1.807) is 5.38 Å². The van der Waals surface area contributed by atoms with Crippen molar-refractivity contribution in [3.63, 3.8) is 0 Å². The number of hydrogen-bond donors (Lipinski definition) is 1. The first-order valence-corrected chi connectivity index (χ1v) is 7.48. The fourth-order valence-corrected chi connectivity index (χ4v) is 2.59. The Hall–Kier alpha value is -1.88. The van der Waals surface area contributed by atoms with Crippen LogP contribution in [0.5, 0.6) is 5.75 Å². The second-order valence-electron chi connectivity index (χ2n) is 4.60. The standard InChI is InChI=1S/C15H18N2O2S/c1-4-19-13-8-6-5-7-11(13)15-17-12(9-20-15)14(18)16-10(2)3/h5-10H,4H2,1-3H3,(H,16,18). The molecule has 0 aliphatic carbocycles. The highest BCUT2D eigenvalue weighted by Gasteiger charge is 2.14. The Morgan fingerprint density at radius 3 is 2.85 bits per heavy atom. The number of para-hydroxylation sites is 1. The van der Waals surface area contributed by atoms with Crippen molar-refractivity contribution in [3.8, 4) is 16.3 Å². The zero-order valence-electron chi connectivity index (χ0n) is 11.8. The number of carbonyl (C=O) groups is 1. The lowest BCUT2D eigenvalue weighted by Gasteiger charge is -2.07. The third-order valence-corrected chi connectivity index (χ3v) is 3.45.